The maximum Gasteiger partial charge on any atom is 1.00 e. The molecule has 7 rings (SSSR count). The van der Waals surface area contributed by atoms with E-state index in [1.807, 2.05) is 0 Å². The van der Waals surface area contributed by atoms with Gasteiger partial charge in [0.05, 0.1) is 33.2 Å². The maximum absolute atomic E-state index is 13.5. The van der Waals surface area contributed by atoms with Crippen molar-refractivity contribution in [1.82, 2.24) is 0 Å². The molecule has 25 heteroatoms. The molecule has 2 aliphatic carbocycles. The molecular formula is C38H25N6Na3O13S3. The van der Waals surface area contributed by atoms with Gasteiger partial charge in [-0.25, -0.2) is 30.0 Å². The second-order valence-corrected chi connectivity index (χ2v) is 16.9. The smallest absolute Gasteiger partial charge is 0.744 e. The molecule has 0 saturated heterocycles. The molecule has 0 radical (unpaired) electrons. The van der Waals surface area contributed by atoms with Crippen molar-refractivity contribution >= 4 is 105 Å². The van der Waals surface area contributed by atoms with E-state index in [-0.39, 0.29) is 134 Å². The molecule has 306 valence electrons. The number of hydrazone groups is 2. The zero-order valence-corrected chi connectivity index (χ0v) is 41.8. The number of anilines is 4. The second kappa shape index (κ2) is 20.4. The molecule has 5 aromatic carbocycles. The van der Waals surface area contributed by atoms with E-state index in [2.05, 4.69) is 31.7 Å². The fraction of sp³-hybridized carbons (Fsp3) is 0.0263. The molecule has 0 unspecified atom stereocenters. The summed E-state index contributed by atoms with van der Waals surface area (Å²) in [5.41, 5.74) is 4.07. The Bertz CT molecular complexity index is 3200. The number of ketones is 2. The van der Waals surface area contributed by atoms with Gasteiger partial charge in [0.25, 0.3) is 0 Å². The third-order valence-corrected chi connectivity index (χ3v) is 11.4. The van der Waals surface area contributed by atoms with E-state index < -0.39 is 74.1 Å². The van der Waals surface area contributed by atoms with Crippen LogP contribution in [0.2, 0.25) is 0 Å². The standard InChI is InChI=1S/C38H28N6O13S3.3Na/c1-57-31-5-3-2-4-30(31)42-44-35-33(60(54,55)56)19-23-16-25(10-13-29(23)37(35)46)40-38(47)39-24-9-12-28-22(15-24)18-32(59(51,52)53)34(36(28)45)43-41-26-8-6-21-17-27(58(48,49)50)11-7-20(21)14-26;;;/h2-19,41-42H,1H3,(H2,39,40,47)(H,48,49,50)(H,51,52,53)(H,54,55,56);;;/q;3*+1/p-3/b43-34?,44-35-;;;. The van der Waals surface area contributed by atoms with Crippen LogP contribution in [0.25, 0.3) is 22.9 Å². The Kier molecular flexibility index (Phi) is 16.7. The van der Waals surface area contributed by atoms with E-state index in [1.165, 1.54) is 73.8 Å². The average Bonchev–Trinajstić information content (AvgIpc) is 3.18. The van der Waals surface area contributed by atoms with Gasteiger partial charge in [-0.3, -0.25) is 20.4 Å². The number of hydrogen-bond acceptors (Lipinski definition) is 17. The minimum absolute atomic E-state index is 0. The largest absolute Gasteiger partial charge is 1.00 e. The molecule has 0 bridgehead atoms. The number of nitrogens with zero attached hydrogens (tertiary/aromatic N) is 2. The molecule has 0 atom stereocenters. The van der Waals surface area contributed by atoms with Crippen molar-refractivity contribution in [2.75, 3.05) is 28.6 Å². The summed E-state index contributed by atoms with van der Waals surface area (Å²) in [6, 6.07) is 21.2. The molecule has 0 fully saturated rings. The number of hydrogen-bond donors (Lipinski definition) is 4. The number of para-hydroxylation sites is 2. The van der Waals surface area contributed by atoms with Crippen LogP contribution in [0, 0.1) is 0 Å². The summed E-state index contributed by atoms with van der Waals surface area (Å²) < 4.78 is 113. The Morgan fingerprint density at radius 1 is 0.571 bits per heavy atom. The molecule has 5 aromatic rings. The van der Waals surface area contributed by atoms with Crippen LogP contribution < -0.4 is 115 Å². The van der Waals surface area contributed by atoms with Crippen LogP contribution in [-0.2, 0) is 30.4 Å². The normalized spacial score (nSPS) is 14.7. The number of benzene rings is 5. The molecule has 4 N–H and O–H groups in total. The van der Waals surface area contributed by atoms with Crippen LogP contribution in [0.1, 0.15) is 31.8 Å². The van der Waals surface area contributed by atoms with E-state index in [9.17, 15) is 53.3 Å². The van der Waals surface area contributed by atoms with Crippen molar-refractivity contribution < 1.29 is 147 Å². The van der Waals surface area contributed by atoms with Gasteiger partial charge in [-0.15, -0.1) is 0 Å². The Labute approximate surface area is 425 Å². The first-order valence-corrected chi connectivity index (χ1v) is 21.1. The summed E-state index contributed by atoms with van der Waals surface area (Å²) in [6.45, 7) is 0. The van der Waals surface area contributed by atoms with Crippen LogP contribution in [0.5, 0.6) is 5.75 Å². The molecule has 0 aliphatic heterocycles. The third kappa shape index (κ3) is 11.6. The summed E-state index contributed by atoms with van der Waals surface area (Å²) in [6.07, 6.45) is 1.85. The number of urea groups is 1. The quantitative estimate of drug-likeness (QED) is 0.0583. The summed E-state index contributed by atoms with van der Waals surface area (Å²) in [7, 11) is -13.9. The second-order valence-electron chi connectivity index (χ2n) is 12.8. The summed E-state index contributed by atoms with van der Waals surface area (Å²) in [4.78, 5) is 37.6. The summed E-state index contributed by atoms with van der Waals surface area (Å²) in [5, 5.41) is 13.6. The first-order valence-electron chi connectivity index (χ1n) is 16.9. The molecule has 63 heavy (non-hydrogen) atoms. The molecule has 0 aromatic heterocycles. The number of methoxy groups -OCH3 is 1. The molecule has 2 aliphatic rings. The molecule has 2 amide bonds. The number of Topliss-reactive ketones (excluding diaryl/α,β-unsaturated/α-hetero) is 2. The molecule has 19 nitrogen and oxygen atoms in total. The Morgan fingerprint density at radius 3 is 1.56 bits per heavy atom. The van der Waals surface area contributed by atoms with E-state index >= 15 is 0 Å². The van der Waals surface area contributed by atoms with Gasteiger partial charge in [-0.1, -0.05) is 24.3 Å². The molecule has 0 saturated carbocycles. The zero-order valence-electron chi connectivity index (χ0n) is 33.3. The molecule has 0 spiro atoms. The van der Waals surface area contributed by atoms with Crippen molar-refractivity contribution in [3.8, 4) is 5.75 Å². The summed E-state index contributed by atoms with van der Waals surface area (Å²) in [5.74, 6) is -1.52. The Balaban J connectivity index is 0.00000290. The first kappa shape index (κ1) is 51.6. The number of amides is 2. The van der Waals surface area contributed by atoms with E-state index in [1.54, 1.807) is 24.3 Å². The van der Waals surface area contributed by atoms with Gasteiger partial charge in [-0.05, 0) is 107 Å². The van der Waals surface area contributed by atoms with E-state index in [0.717, 1.165) is 18.2 Å². The number of carbonyl (C=O) groups excluding carboxylic acids is 3. The number of allylic oxidation sites excluding steroid dienone is 2. The van der Waals surface area contributed by atoms with Gasteiger partial charge in [0.15, 0.2) is 0 Å². The van der Waals surface area contributed by atoms with Gasteiger partial charge >= 0.3 is 94.7 Å². The SMILES string of the molecule is COc1ccccc1N/N=C1\C(=O)c2ccc(NC(=O)Nc3ccc4c(c3)C=C(S(=O)(=O)[O-])C(=NNc3ccc5cc(S(=O)(=O)[O-])ccc5c3)C4=O)cc2C=C1S(=O)(=O)[O-].[Na+].[Na+].[Na+]. The minimum Gasteiger partial charge on any atom is -0.744 e. The number of fused-ring (bicyclic) bond motifs is 3. The van der Waals surface area contributed by atoms with E-state index in [4.69, 9.17) is 4.74 Å². The number of rotatable bonds is 10. The minimum atomic E-state index is -5.30. The Hall–Kier alpha value is -4.08. The number of carbonyl (C=O) groups is 3. The van der Waals surface area contributed by atoms with Crippen LogP contribution in [0.15, 0.2) is 122 Å². The predicted octanol–water partition coefficient (Wildman–Crippen LogP) is -4.49. The summed E-state index contributed by atoms with van der Waals surface area (Å²) >= 11 is 0. The van der Waals surface area contributed by atoms with Gasteiger partial charge in [0.1, 0.15) is 47.5 Å². The van der Waals surface area contributed by atoms with Gasteiger partial charge < -0.3 is 29.0 Å². The predicted molar refractivity (Wildman–Crippen MR) is 217 cm³/mol. The van der Waals surface area contributed by atoms with Crippen LogP contribution in [0.3, 0.4) is 0 Å². The zero-order chi connectivity index (χ0) is 43.1. The Morgan fingerprint density at radius 2 is 1.05 bits per heavy atom. The fourth-order valence-corrected chi connectivity index (χ4v) is 7.94. The van der Waals surface area contributed by atoms with Gasteiger partial charge in [0, 0.05) is 22.5 Å². The number of ether oxygens (including phenoxy) is 1. The molecule has 0 heterocycles. The maximum atomic E-state index is 13.5. The first-order chi connectivity index (χ1) is 28.3. The van der Waals surface area contributed by atoms with Crippen molar-refractivity contribution in [2.24, 2.45) is 10.2 Å². The monoisotopic (exact) mass is 938 g/mol. The topological polar surface area (TPSA) is 305 Å². The van der Waals surface area contributed by atoms with E-state index in [0.29, 0.717) is 16.5 Å². The van der Waals surface area contributed by atoms with Crippen molar-refractivity contribution in [2.45, 2.75) is 4.90 Å². The van der Waals surface area contributed by atoms with Crippen molar-refractivity contribution in [3.05, 3.63) is 129 Å². The van der Waals surface area contributed by atoms with Crippen LogP contribution >= 0.6 is 0 Å². The average molecular weight is 939 g/mol. The van der Waals surface area contributed by atoms with Crippen molar-refractivity contribution in [1.29, 1.82) is 0 Å². The third-order valence-electron chi connectivity index (χ3n) is 8.91. The van der Waals surface area contributed by atoms with Crippen LogP contribution in [0.4, 0.5) is 27.5 Å². The van der Waals surface area contributed by atoms with Gasteiger partial charge in [-0.2, -0.15) is 10.2 Å². The molecular weight excluding hydrogens is 914 g/mol. The van der Waals surface area contributed by atoms with Crippen LogP contribution in [-0.4, -0.2) is 75.0 Å². The number of nitrogens with one attached hydrogen (secondary N) is 4. The van der Waals surface area contributed by atoms with Gasteiger partial charge in [0.2, 0.25) is 11.6 Å². The van der Waals surface area contributed by atoms with Crippen molar-refractivity contribution in [3.63, 3.8) is 0 Å². The fourth-order valence-electron chi connectivity index (χ4n) is 6.14.